The van der Waals surface area contributed by atoms with Gasteiger partial charge in [-0.1, -0.05) is 8.58 Å². The van der Waals surface area contributed by atoms with Crippen molar-refractivity contribution in [3.05, 3.63) is 0 Å². The highest BCUT2D eigenvalue weighted by atomic mass is 31.1. The quantitative estimate of drug-likeness (QED) is 0.325. The maximum Gasteiger partial charge on any atom is 0.100 e. The first-order chi connectivity index (χ1) is 2.97. The van der Waals surface area contributed by atoms with Crippen molar-refractivity contribution in [2.24, 2.45) is 0 Å². The number of hydrogen-bond donors (Lipinski definition) is 0. The van der Waals surface area contributed by atoms with Gasteiger partial charge in [-0.05, 0) is 12.6 Å². The Labute approximate surface area is 38.9 Å². The molecule has 0 bridgehead atoms. The Kier molecular flexibility index (Phi) is 0.545. The molecule has 0 amide bonds. The average molecular weight is 102 g/mol. The zero-order valence-corrected chi connectivity index (χ0v) is 4.48. The van der Waals surface area contributed by atoms with E-state index in [1.807, 2.05) is 0 Å². The molecule has 34 valence electrons. The summed E-state index contributed by atoms with van der Waals surface area (Å²) in [7, 11) is 1.13. The number of fused-ring (bicyclic) bond motifs is 1. The maximum absolute atomic E-state index is 5.17. The largest absolute Gasteiger partial charge is 0.365 e. The molecule has 0 spiro atoms. The summed E-state index contributed by atoms with van der Waals surface area (Å²) in [6.07, 6.45) is 3.52. The smallest absolute Gasteiger partial charge is 0.100 e. The first-order valence-corrected chi connectivity index (χ1v) is 3.64. The van der Waals surface area contributed by atoms with Crippen molar-refractivity contribution in [1.29, 1.82) is 0 Å². The van der Waals surface area contributed by atoms with Crippen LogP contribution in [0.4, 0.5) is 0 Å². The van der Waals surface area contributed by atoms with Crippen molar-refractivity contribution in [3.8, 4) is 0 Å². The van der Waals surface area contributed by atoms with E-state index >= 15 is 0 Å². The molecule has 3 atom stereocenters. The van der Waals surface area contributed by atoms with Gasteiger partial charge in [-0.2, -0.15) is 0 Å². The summed E-state index contributed by atoms with van der Waals surface area (Å²) in [5.74, 6) is 0.741. The Morgan fingerprint density at radius 2 is 2.67 bits per heavy atom. The Morgan fingerprint density at radius 1 is 1.67 bits per heavy atom. The van der Waals surface area contributed by atoms with E-state index in [0.717, 1.165) is 20.5 Å². The van der Waals surface area contributed by atoms with Crippen LogP contribution in [0, 0.1) is 0 Å². The Hall–Kier alpha value is 0.390. The lowest BCUT2D eigenvalue weighted by Gasteiger charge is -1.82. The summed E-state index contributed by atoms with van der Waals surface area (Å²) in [5.41, 5.74) is 0. The second-order valence-electron chi connectivity index (χ2n) is 1.84. The van der Waals surface area contributed by atoms with Crippen molar-refractivity contribution in [2.45, 2.75) is 18.4 Å². The molecule has 6 heavy (non-hydrogen) atoms. The molecule has 0 N–H and O–H groups in total. The molecule has 2 fully saturated rings. The van der Waals surface area contributed by atoms with Gasteiger partial charge in [0.1, 0.15) is 5.85 Å². The molecular formula is C4H7OP. The molecule has 3 unspecified atom stereocenters. The zero-order chi connectivity index (χ0) is 3.98. The van der Waals surface area contributed by atoms with Crippen molar-refractivity contribution in [1.82, 2.24) is 0 Å². The molecule has 2 aliphatic rings. The summed E-state index contributed by atoms with van der Waals surface area (Å²) in [6.45, 7) is 0. The fourth-order valence-electron chi connectivity index (χ4n) is 0.910. The molecular weight excluding hydrogens is 95.0 g/mol. The normalized spacial score (nSPS) is 56.0. The molecule has 0 aromatic rings. The first kappa shape index (κ1) is 3.40. The molecule has 0 aliphatic carbocycles. The van der Waals surface area contributed by atoms with E-state index in [1.165, 1.54) is 12.6 Å². The fraction of sp³-hybridized carbons (Fsp3) is 1.00. The van der Waals surface area contributed by atoms with Crippen LogP contribution in [0.1, 0.15) is 6.42 Å². The minimum Gasteiger partial charge on any atom is -0.365 e. The Balaban J connectivity index is 2.09. The fourth-order valence-corrected chi connectivity index (χ4v) is 2.35. The number of ether oxygens (including phenoxy) is 1. The molecule has 0 saturated carbocycles. The average Bonchev–Trinajstić information content (AvgIpc) is 2.17. The molecule has 0 radical (unpaired) electrons. The monoisotopic (exact) mass is 102 g/mol. The number of epoxide rings is 1. The van der Waals surface area contributed by atoms with Crippen LogP contribution in [-0.2, 0) is 4.74 Å². The van der Waals surface area contributed by atoms with Crippen molar-refractivity contribution in [3.63, 3.8) is 0 Å². The summed E-state index contributed by atoms with van der Waals surface area (Å²) in [6, 6.07) is 0. The predicted molar refractivity (Wildman–Crippen MR) is 26.5 cm³/mol. The van der Waals surface area contributed by atoms with Crippen LogP contribution in [0.15, 0.2) is 0 Å². The zero-order valence-electron chi connectivity index (χ0n) is 3.48. The van der Waals surface area contributed by atoms with Crippen LogP contribution in [0.3, 0.4) is 0 Å². The minimum absolute atomic E-state index is 0.725. The van der Waals surface area contributed by atoms with Gasteiger partial charge in [0.05, 0.1) is 6.10 Å². The molecule has 1 nitrogen and oxygen atoms in total. The second kappa shape index (κ2) is 0.962. The predicted octanol–water partition coefficient (Wildman–Crippen LogP) is 0.793. The van der Waals surface area contributed by atoms with Crippen molar-refractivity contribution < 1.29 is 4.74 Å². The van der Waals surface area contributed by atoms with Crippen LogP contribution in [0.2, 0.25) is 0 Å². The molecule has 2 saturated heterocycles. The number of rotatable bonds is 0. The van der Waals surface area contributed by atoms with Gasteiger partial charge in [0.2, 0.25) is 0 Å². The van der Waals surface area contributed by atoms with Gasteiger partial charge in [0.25, 0.3) is 0 Å². The highest BCUT2D eigenvalue weighted by Gasteiger charge is 2.42. The van der Waals surface area contributed by atoms with Gasteiger partial charge in [0, 0.05) is 0 Å². The highest BCUT2D eigenvalue weighted by Crippen LogP contribution is 2.47. The SMILES string of the molecule is C1CC2OC2P1. The lowest BCUT2D eigenvalue weighted by molar-refractivity contribution is 0.388. The third-order valence-corrected chi connectivity index (χ3v) is 2.84. The van der Waals surface area contributed by atoms with E-state index in [1.54, 1.807) is 0 Å². The third kappa shape index (κ3) is 0.329. The van der Waals surface area contributed by atoms with Crippen LogP contribution < -0.4 is 0 Å². The van der Waals surface area contributed by atoms with Gasteiger partial charge in [-0.15, -0.1) is 0 Å². The van der Waals surface area contributed by atoms with Gasteiger partial charge in [-0.25, -0.2) is 0 Å². The maximum atomic E-state index is 5.17. The highest BCUT2D eigenvalue weighted by molar-refractivity contribution is 7.39. The summed E-state index contributed by atoms with van der Waals surface area (Å²) < 4.78 is 5.17. The summed E-state index contributed by atoms with van der Waals surface area (Å²) in [4.78, 5) is 0. The molecule has 2 heterocycles. The van der Waals surface area contributed by atoms with Crippen LogP contribution in [-0.4, -0.2) is 18.1 Å². The standard InChI is InChI=1S/C4H7OP/c1-2-6-4-3(1)5-4/h3-4,6H,1-2H2. The Bertz CT molecular complexity index is 65.9. The summed E-state index contributed by atoms with van der Waals surface area (Å²) >= 11 is 0. The van der Waals surface area contributed by atoms with Crippen molar-refractivity contribution in [2.75, 3.05) is 6.16 Å². The summed E-state index contributed by atoms with van der Waals surface area (Å²) in [5, 5.41) is 0. The van der Waals surface area contributed by atoms with Crippen LogP contribution >= 0.6 is 8.58 Å². The lowest BCUT2D eigenvalue weighted by Crippen LogP contribution is -1.77. The van der Waals surface area contributed by atoms with Crippen molar-refractivity contribution >= 4 is 8.58 Å². The van der Waals surface area contributed by atoms with Gasteiger partial charge in [-0.3, -0.25) is 0 Å². The van der Waals surface area contributed by atoms with Gasteiger partial charge >= 0.3 is 0 Å². The van der Waals surface area contributed by atoms with E-state index in [0.29, 0.717) is 0 Å². The van der Waals surface area contributed by atoms with Gasteiger partial charge < -0.3 is 4.74 Å². The molecule has 0 aromatic carbocycles. The third-order valence-electron chi connectivity index (χ3n) is 1.36. The van der Waals surface area contributed by atoms with E-state index in [2.05, 4.69) is 0 Å². The lowest BCUT2D eigenvalue weighted by atomic mass is 10.4. The topological polar surface area (TPSA) is 12.5 Å². The van der Waals surface area contributed by atoms with E-state index in [9.17, 15) is 0 Å². The van der Waals surface area contributed by atoms with Gasteiger partial charge in [0.15, 0.2) is 0 Å². The van der Waals surface area contributed by atoms with Crippen LogP contribution in [0.5, 0.6) is 0 Å². The number of hydrogen-bond acceptors (Lipinski definition) is 1. The van der Waals surface area contributed by atoms with Crippen LogP contribution in [0.25, 0.3) is 0 Å². The Morgan fingerprint density at radius 3 is 2.83 bits per heavy atom. The van der Waals surface area contributed by atoms with E-state index in [-0.39, 0.29) is 0 Å². The first-order valence-electron chi connectivity index (χ1n) is 2.36. The van der Waals surface area contributed by atoms with E-state index in [4.69, 9.17) is 4.74 Å². The van der Waals surface area contributed by atoms with E-state index < -0.39 is 0 Å². The second-order valence-corrected chi connectivity index (χ2v) is 3.32. The molecule has 2 aliphatic heterocycles. The molecule has 2 rings (SSSR count). The minimum atomic E-state index is 0.725. The molecule has 2 heteroatoms. The molecule has 0 aromatic heterocycles.